The Kier molecular flexibility index (Phi) is 6.57. The van der Waals surface area contributed by atoms with E-state index in [4.69, 9.17) is 9.84 Å². The van der Waals surface area contributed by atoms with E-state index in [1.54, 1.807) is 14.2 Å². The molecule has 0 saturated heterocycles. The molecule has 140 valence electrons. The summed E-state index contributed by atoms with van der Waals surface area (Å²) in [6.07, 6.45) is -0.0838. The van der Waals surface area contributed by atoms with Crippen LogP contribution >= 0.6 is 11.3 Å². The van der Waals surface area contributed by atoms with Crippen molar-refractivity contribution >= 4 is 23.3 Å². The summed E-state index contributed by atoms with van der Waals surface area (Å²) in [4.78, 5) is 29.7. The van der Waals surface area contributed by atoms with Gasteiger partial charge in [0.2, 0.25) is 0 Å². The van der Waals surface area contributed by atoms with Crippen molar-refractivity contribution in [2.75, 3.05) is 20.7 Å². The lowest BCUT2D eigenvalue weighted by Gasteiger charge is -2.20. The van der Waals surface area contributed by atoms with Gasteiger partial charge in [-0.15, -0.1) is 11.3 Å². The molecule has 0 aliphatic carbocycles. The number of nitrogens with one attached hydrogen (secondary N) is 1. The molecule has 0 radical (unpaired) electrons. The van der Waals surface area contributed by atoms with Gasteiger partial charge in [0.1, 0.15) is 10.8 Å². The van der Waals surface area contributed by atoms with Crippen LogP contribution < -0.4 is 10.1 Å². The number of benzene rings is 1. The number of carbonyl (C=O) groups is 2. The Balaban J connectivity index is 2.07. The monoisotopic (exact) mass is 377 g/mol. The van der Waals surface area contributed by atoms with Crippen molar-refractivity contribution in [2.45, 2.75) is 26.3 Å². The van der Waals surface area contributed by atoms with E-state index in [0.29, 0.717) is 0 Å². The molecule has 0 spiro atoms. The Morgan fingerprint density at radius 2 is 2.00 bits per heavy atom. The minimum atomic E-state index is -0.930. The van der Waals surface area contributed by atoms with Crippen molar-refractivity contribution in [3.63, 3.8) is 0 Å². The van der Waals surface area contributed by atoms with Crippen molar-refractivity contribution in [1.82, 2.24) is 15.2 Å². The number of thiazole rings is 1. The largest absolute Gasteiger partial charge is 0.497 e. The van der Waals surface area contributed by atoms with Gasteiger partial charge in [0, 0.05) is 19.2 Å². The first-order chi connectivity index (χ1) is 12.3. The molecule has 0 fully saturated rings. The Hall–Kier alpha value is -2.61. The summed E-state index contributed by atoms with van der Waals surface area (Å²) in [6, 6.07) is 7.13. The summed E-state index contributed by atoms with van der Waals surface area (Å²) in [5.41, 5.74) is 1.85. The van der Waals surface area contributed by atoms with Gasteiger partial charge in [-0.25, -0.2) is 9.78 Å². The highest BCUT2D eigenvalue weighted by Gasteiger charge is 2.19. The van der Waals surface area contributed by atoms with Gasteiger partial charge >= 0.3 is 12.0 Å². The van der Waals surface area contributed by atoms with Gasteiger partial charge in [0.05, 0.1) is 30.1 Å². The lowest BCUT2D eigenvalue weighted by molar-refractivity contribution is -0.137. The van der Waals surface area contributed by atoms with E-state index < -0.39 is 5.97 Å². The number of carbonyl (C=O) groups excluding carboxylic acids is 1. The summed E-state index contributed by atoms with van der Waals surface area (Å²) in [5, 5.41) is 12.5. The number of urea groups is 1. The molecule has 1 unspecified atom stereocenters. The maximum absolute atomic E-state index is 12.2. The Morgan fingerprint density at radius 3 is 2.58 bits per heavy atom. The number of hydrogen-bond acceptors (Lipinski definition) is 5. The smallest absolute Gasteiger partial charge is 0.317 e. The molecule has 1 aromatic carbocycles. The Labute approximate surface area is 156 Å². The van der Waals surface area contributed by atoms with Crippen LogP contribution in [0.3, 0.4) is 0 Å². The third kappa shape index (κ3) is 4.95. The number of aliphatic carboxylic acids is 1. The molecule has 1 heterocycles. The molecular formula is C18H23N3O4S. The molecule has 2 rings (SSSR count). The first-order valence-electron chi connectivity index (χ1n) is 8.17. The third-order valence-corrected chi connectivity index (χ3v) is 5.30. The lowest BCUT2D eigenvalue weighted by Crippen LogP contribution is -2.39. The molecule has 0 bridgehead atoms. The van der Waals surface area contributed by atoms with Crippen LogP contribution in [0.2, 0.25) is 0 Å². The number of rotatable bonds is 7. The number of carboxylic acid groups (broad SMARTS) is 1. The second kappa shape index (κ2) is 8.66. The fourth-order valence-electron chi connectivity index (χ4n) is 2.39. The minimum absolute atomic E-state index is 0.0838. The van der Waals surface area contributed by atoms with Crippen molar-refractivity contribution in [3.8, 4) is 16.3 Å². The third-order valence-electron chi connectivity index (χ3n) is 3.91. The predicted octanol–water partition coefficient (Wildman–Crippen LogP) is 3.30. The first-order valence-corrected chi connectivity index (χ1v) is 8.98. The van der Waals surface area contributed by atoms with Crippen molar-refractivity contribution in [3.05, 3.63) is 34.8 Å². The predicted molar refractivity (Wildman–Crippen MR) is 101 cm³/mol. The number of amides is 2. The van der Waals surface area contributed by atoms with Gasteiger partial charge in [-0.3, -0.25) is 4.79 Å². The first kappa shape index (κ1) is 19.7. The second-order valence-corrected chi connectivity index (χ2v) is 6.96. The molecule has 1 aromatic heterocycles. The highest BCUT2D eigenvalue weighted by atomic mass is 32.1. The van der Waals surface area contributed by atoms with Crippen LogP contribution in [0.15, 0.2) is 24.3 Å². The van der Waals surface area contributed by atoms with Crippen molar-refractivity contribution in [1.29, 1.82) is 0 Å². The van der Waals surface area contributed by atoms with Crippen molar-refractivity contribution < 1.29 is 19.4 Å². The SMILES string of the molecule is COc1ccc(-c2nc(C)c(C(C)NC(=O)N(C)CCC(=O)O)s2)cc1. The van der Waals surface area contributed by atoms with Gasteiger partial charge < -0.3 is 20.1 Å². The van der Waals surface area contributed by atoms with E-state index in [1.165, 1.54) is 16.2 Å². The van der Waals surface area contributed by atoms with Crippen LogP contribution in [-0.2, 0) is 4.79 Å². The number of methoxy groups -OCH3 is 1. The Morgan fingerprint density at radius 1 is 1.35 bits per heavy atom. The number of aromatic nitrogens is 1. The molecule has 0 aliphatic heterocycles. The Bertz CT molecular complexity index is 773. The number of carboxylic acids is 1. The van der Waals surface area contributed by atoms with Crippen LogP contribution in [0.4, 0.5) is 4.79 Å². The number of ether oxygens (including phenoxy) is 1. The summed E-state index contributed by atoms with van der Waals surface area (Å²) < 4.78 is 5.17. The molecule has 1 atom stereocenters. The minimum Gasteiger partial charge on any atom is -0.497 e. The van der Waals surface area contributed by atoms with E-state index in [9.17, 15) is 9.59 Å². The normalized spacial score (nSPS) is 11.7. The summed E-state index contributed by atoms with van der Waals surface area (Å²) in [7, 11) is 3.20. The van der Waals surface area contributed by atoms with E-state index in [2.05, 4.69) is 10.3 Å². The second-order valence-electron chi connectivity index (χ2n) is 5.93. The number of nitrogens with zero attached hydrogens (tertiary/aromatic N) is 2. The van der Waals surface area contributed by atoms with Gasteiger partial charge in [-0.1, -0.05) is 0 Å². The maximum Gasteiger partial charge on any atom is 0.317 e. The fourth-order valence-corrected chi connectivity index (χ4v) is 3.47. The van der Waals surface area contributed by atoms with Crippen LogP contribution in [0, 0.1) is 6.92 Å². The van der Waals surface area contributed by atoms with E-state index >= 15 is 0 Å². The summed E-state index contributed by atoms with van der Waals surface area (Å²) in [6.45, 7) is 3.96. The average Bonchev–Trinajstić information content (AvgIpc) is 3.01. The molecule has 2 aromatic rings. The molecule has 0 aliphatic rings. The molecule has 0 saturated carbocycles. The van der Waals surface area contributed by atoms with Crippen LogP contribution in [0.25, 0.3) is 10.6 Å². The summed E-state index contributed by atoms with van der Waals surface area (Å²) >= 11 is 1.53. The van der Waals surface area contributed by atoms with E-state index in [0.717, 1.165) is 26.9 Å². The van der Waals surface area contributed by atoms with E-state index in [1.807, 2.05) is 38.1 Å². The molecule has 2 amide bonds. The number of aryl methyl sites for hydroxylation is 1. The van der Waals surface area contributed by atoms with Crippen LogP contribution in [0.5, 0.6) is 5.75 Å². The maximum atomic E-state index is 12.2. The zero-order valence-corrected chi connectivity index (χ0v) is 16.1. The standard InChI is InChI=1S/C18H23N3O4S/c1-11-16(12(2)20-18(24)21(3)10-9-15(22)23)26-17(19-11)13-5-7-14(25-4)8-6-13/h5-8,12H,9-10H2,1-4H3,(H,20,24)(H,22,23). The summed E-state index contributed by atoms with van der Waals surface area (Å²) in [5.74, 6) is -0.146. The van der Waals surface area contributed by atoms with Gasteiger partial charge in [0.15, 0.2) is 0 Å². The quantitative estimate of drug-likeness (QED) is 0.772. The average molecular weight is 377 g/mol. The zero-order chi connectivity index (χ0) is 19.3. The molecule has 8 heteroatoms. The van der Waals surface area contributed by atoms with E-state index in [-0.39, 0.29) is 25.0 Å². The lowest BCUT2D eigenvalue weighted by atomic mass is 10.2. The van der Waals surface area contributed by atoms with Gasteiger partial charge in [0.25, 0.3) is 0 Å². The fraction of sp³-hybridized carbons (Fsp3) is 0.389. The van der Waals surface area contributed by atoms with Gasteiger partial charge in [-0.2, -0.15) is 0 Å². The van der Waals surface area contributed by atoms with Crippen LogP contribution in [-0.4, -0.2) is 47.7 Å². The topological polar surface area (TPSA) is 91.8 Å². The molecule has 26 heavy (non-hydrogen) atoms. The molecule has 2 N–H and O–H groups in total. The van der Waals surface area contributed by atoms with Crippen molar-refractivity contribution in [2.24, 2.45) is 0 Å². The van der Waals surface area contributed by atoms with Gasteiger partial charge in [-0.05, 0) is 38.1 Å². The highest BCUT2D eigenvalue weighted by molar-refractivity contribution is 7.15. The number of hydrogen-bond donors (Lipinski definition) is 2. The zero-order valence-electron chi connectivity index (χ0n) is 15.3. The molecule has 7 nitrogen and oxygen atoms in total. The van der Waals surface area contributed by atoms with Crippen LogP contribution in [0.1, 0.15) is 30.0 Å². The molecular weight excluding hydrogens is 354 g/mol. The highest BCUT2D eigenvalue weighted by Crippen LogP contribution is 2.32.